The number of rotatable bonds is 5. The summed E-state index contributed by atoms with van der Waals surface area (Å²) < 4.78 is 47.3. The molecule has 1 fully saturated rings. The number of ether oxygens (including phenoxy) is 2. The molecule has 0 aliphatic heterocycles. The van der Waals surface area contributed by atoms with Gasteiger partial charge in [-0.05, 0) is 49.5 Å². The molecule has 5 heteroatoms. The quantitative estimate of drug-likeness (QED) is 0.704. The summed E-state index contributed by atoms with van der Waals surface area (Å²) in [4.78, 5) is 0. The Morgan fingerprint density at radius 3 is 2.29 bits per heavy atom. The maximum atomic E-state index is 12.5. The first-order valence-corrected chi connectivity index (χ1v) is 6.72. The van der Waals surface area contributed by atoms with Crippen LogP contribution in [0.15, 0.2) is 37.4 Å². The van der Waals surface area contributed by atoms with Crippen molar-refractivity contribution in [3.8, 4) is 11.5 Å². The highest BCUT2D eigenvalue weighted by molar-refractivity contribution is 5.54. The Balaban J connectivity index is 2.34. The molecular weight excluding hydrogens is 281 g/mol. The molecule has 1 saturated carbocycles. The molecule has 0 atom stereocenters. The molecule has 0 N–H and O–H groups in total. The molecule has 0 heterocycles. The number of hydrogen-bond donors (Lipinski definition) is 0. The fraction of sp³-hybridized carbons (Fsp3) is 0.375. The average molecular weight is 298 g/mol. The van der Waals surface area contributed by atoms with Gasteiger partial charge in [0.15, 0.2) is 11.5 Å². The molecule has 0 radical (unpaired) electrons. The average Bonchev–Trinajstić information content (AvgIpc) is 2.88. The lowest BCUT2D eigenvalue weighted by atomic mass is 10.0. The standard InChI is InChI=1S/C16H17F3O2/c1-3-12-7-8-13(21-16(17,18)19)14(11-12)20-15(4-2)9-5-6-10-15/h3-4,7-8,11H,1-2,5-6,9-10H2. The Kier molecular flexibility index (Phi) is 4.30. The number of alkyl halides is 3. The van der Waals surface area contributed by atoms with E-state index in [-0.39, 0.29) is 11.5 Å². The molecule has 2 nitrogen and oxygen atoms in total. The van der Waals surface area contributed by atoms with Crippen molar-refractivity contribution in [3.63, 3.8) is 0 Å². The molecule has 1 aliphatic rings. The molecule has 2 rings (SSSR count). The highest BCUT2D eigenvalue weighted by Crippen LogP contribution is 2.40. The third-order valence-electron chi connectivity index (χ3n) is 3.56. The summed E-state index contributed by atoms with van der Waals surface area (Å²) in [6.07, 6.45) is 1.84. The van der Waals surface area contributed by atoms with E-state index < -0.39 is 12.0 Å². The van der Waals surface area contributed by atoms with Crippen LogP contribution in [-0.2, 0) is 0 Å². The second-order valence-corrected chi connectivity index (χ2v) is 5.04. The highest BCUT2D eigenvalue weighted by atomic mass is 19.4. The van der Waals surface area contributed by atoms with Crippen LogP contribution in [0.3, 0.4) is 0 Å². The zero-order valence-electron chi connectivity index (χ0n) is 11.6. The SMILES string of the molecule is C=Cc1ccc(OC(F)(F)F)c(OC2(C=C)CCCC2)c1. The third kappa shape index (κ3) is 3.80. The first kappa shape index (κ1) is 15.5. The van der Waals surface area contributed by atoms with Gasteiger partial charge in [0.2, 0.25) is 0 Å². The van der Waals surface area contributed by atoms with Gasteiger partial charge in [0.1, 0.15) is 5.60 Å². The lowest BCUT2D eigenvalue weighted by Gasteiger charge is -2.28. The maximum Gasteiger partial charge on any atom is 0.573 e. The van der Waals surface area contributed by atoms with Crippen LogP contribution in [0, 0.1) is 0 Å². The van der Waals surface area contributed by atoms with Crippen molar-refractivity contribution in [1.82, 2.24) is 0 Å². The topological polar surface area (TPSA) is 18.5 Å². The van der Waals surface area contributed by atoms with E-state index in [9.17, 15) is 13.2 Å². The summed E-state index contributed by atoms with van der Waals surface area (Å²) in [5, 5.41) is 0. The van der Waals surface area contributed by atoms with E-state index in [0.717, 1.165) is 25.7 Å². The van der Waals surface area contributed by atoms with Gasteiger partial charge in [0, 0.05) is 0 Å². The second kappa shape index (κ2) is 5.84. The molecule has 0 unspecified atom stereocenters. The van der Waals surface area contributed by atoms with E-state index >= 15 is 0 Å². The summed E-state index contributed by atoms with van der Waals surface area (Å²) in [5.74, 6) is -0.284. The number of hydrogen-bond acceptors (Lipinski definition) is 2. The molecular formula is C16H17F3O2. The molecule has 0 spiro atoms. The van der Waals surface area contributed by atoms with Gasteiger partial charge < -0.3 is 9.47 Å². The summed E-state index contributed by atoms with van der Waals surface area (Å²) in [6, 6.07) is 4.24. The van der Waals surface area contributed by atoms with Crippen LogP contribution in [0.1, 0.15) is 31.2 Å². The van der Waals surface area contributed by atoms with Gasteiger partial charge in [-0.3, -0.25) is 0 Å². The van der Waals surface area contributed by atoms with Crippen molar-refractivity contribution in [1.29, 1.82) is 0 Å². The summed E-state index contributed by atoms with van der Waals surface area (Å²) in [6.45, 7) is 7.36. The Bertz CT molecular complexity index is 529. The maximum absolute atomic E-state index is 12.5. The van der Waals surface area contributed by atoms with E-state index in [1.54, 1.807) is 12.2 Å². The van der Waals surface area contributed by atoms with Crippen LogP contribution in [0.5, 0.6) is 11.5 Å². The van der Waals surface area contributed by atoms with Crippen molar-refractivity contribution in [2.45, 2.75) is 37.6 Å². The zero-order chi connectivity index (χ0) is 15.5. The van der Waals surface area contributed by atoms with Crippen LogP contribution in [0.2, 0.25) is 0 Å². The molecule has 0 saturated heterocycles. The van der Waals surface area contributed by atoms with Gasteiger partial charge in [0.25, 0.3) is 0 Å². The van der Waals surface area contributed by atoms with Gasteiger partial charge in [-0.2, -0.15) is 0 Å². The number of halogens is 3. The van der Waals surface area contributed by atoms with Crippen LogP contribution in [0.25, 0.3) is 6.08 Å². The van der Waals surface area contributed by atoms with E-state index in [2.05, 4.69) is 17.9 Å². The second-order valence-electron chi connectivity index (χ2n) is 5.04. The van der Waals surface area contributed by atoms with Crippen LogP contribution in [0.4, 0.5) is 13.2 Å². The summed E-state index contributed by atoms with van der Waals surface area (Å²) in [7, 11) is 0. The molecule has 21 heavy (non-hydrogen) atoms. The zero-order valence-corrected chi connectivity index (χ0v) is 11.6. The van der Waals surface area contributed by atoms with Gasteiger partial charge >= 0.3 is 6.36 Å². The van der Waals surface area contributed by atoms with Crippen molar-refractivity contribution < 1.29 is 22.6 Å². The van der Waals surface area contributed by atoms with Crippen LogP contribution >= 0.6 is 0 Å². The van der Waals surface area contributed by atoms with Gasteiger partial charge in [-0.1, -0.05) is 25.3 Å². The van der Waals surface area contributed by atoms with Crippen molar-refractivity contribution in [3.05, 3.63) is 43.0 Å². The van der Waals surface area contributed by atoms with Crippen molar-refractivity contribution in [2.24, 2.45) is 0 Å². The van der Waals surface area contributed by atoms with Gasteiger partial charge in [0.05, 0.1) is 0 Å². The lowest BCUT2D eigenvalue weighted by molar-refractivity contribution is -0.275. The first-order chi connectivity index (χ1) is 9.87. The smallest absolute Gasteiger partial charge is 0.479 e. The van der Waals surface area contributed by atoms with E-state index in [1.165, 1.54) is 18.2 Å². The molecule has 1 aromatic rings. The van der Waals surface area contributed by atoms with Crippen LogP contribution in [-0.4, -0.2) is 12.0 Å². The van der Waals surface area contributed by atoms with E-state index in [1.807, 2.05) is 0 Å². The first-order valence-electron chi connectivity index (χ1n) is 6.72. The molecule has 1 aliphatic carbocycles. The lowest BCUT2D eigenvalue weighted by Crippen LogP contribution is -2.30. The highest BCUT2D eigenvalue weighted by Gasteiger charge is 2.36. The Morgan fingerprint density at radius 2 is 1.76 bits per heavy atom. The molecule has 114 valence electrons. The van der Waals surface area contributed by atoms with Crippen molar-refractivity contribution >= 4 is 6.08 Å². The van der Waals surface area contributed by atoms with E-state index in [0.29, 0.717) is 5.56 Å². The summed E-state index contributed by atoms with van der Waals surface area (Å²) >= 11 is 0. The molecule has 0 aromatic heterocycles. The minimum absolute atomic E-state index is 0.0616. The predicted molar refractivity (Wildman–Crippen MR) is 75.2 cm³/mol. The fourth-order valence-electron chi connectivity index (χ4n) is 2.48. The minimum atomic E-state index is -4.76. The summed E-state index contributed by atoms with van der Waals surface area (Å²) in [5.41, 5.74) is 0.0421. The van der Waals surface area contributed by atoms with Crippen LogP contribution < -0.4 is 9.47 Å². The molecule has 1 aromatic carbocycles. The monoisotopic (exact) mass is 298 g/mol. The minimum Gasteiger partial charge on any atom is -0.479 e. The Hall–Kier alpha value is -1.91. The number of benzene rings is 1. The largest absolute Gasteiger partial charge is 0.573 e. The Labute approximate surface area is 121 Å². The fourth-order valence-corrected chi connectivity index (χ4v) is 2.48. The Morgan fingerprint density at radius 1 is 1.10 bits per heavy atom. The van der Waals surface area contributed by atoms with Gasteiger partial charge in [-0.25, -0.2) is 0 Å². The van der Waals surface area contributed by atoms with Gasteiger partial charge in [-0.15, -0.1) is 13.2 Å². The predicted octanol–water partition coefficient (Wildman–Crippen LogP) is 5.11. The normalized spacial score (nSPS) is 17.3. The molecule has 0 bridgehead atoms. The third-order valence-corrected chi connectivity index (χ3v) is 3.56. The molecule has 0 amide bonds. The van der Waals surface area contributed by atoms with Crippen molar-refractivity contribution in [2.75, 3.05) is 0 Å². The van der Waals surface area contributed by atoms with E-state index in [4.69, 9.17) is 4.74 Å².